The van der Waals surface area contributed by atoms with E-state index in [1.165, 1.54) is 6.20 Å². The maximum absolute atomic E-state index is 12.0. The Morgan fingerprint density at radius 2 is 2.04 bits per heavy atom. The van der Waals surface area contributed by atoms with Crippen molar-refractivity contribution < 1.29 is 9.53 Å². The van der Waals surface area contributed by atoms with Crippen LogP contribution in [0.5, 0.6) is 0 Å². The lowest BCUT2D eigenvalue weighted by Gasteiger charge is -2.10. The fraction of sp³-hybridized carbons (Fsp3) is 0.188. The van der Waals surface area contributed by atoms with Crippen molar-refractivity contribution in [3.63, 3.8) is 0 Å². The normalized spacial score (nSPS) is 10.2. The Hall–Kier alpha value is -1.54. The number of aromatic nitrogens is 1. The van der Waals surface area contributed by atoms with Crippen molar-refractivity contribution in [1.29, 1.82) is 0 Å². The molecule has 24 heavy (non-hydrogen) atoms. The number of thiocarbonyl (C=S) groups is 1. The van der Waals surface area contributed by atoms with E-state index in [9.17, 15) is 4.79 Å². The molecular weight excluding hydrogens is 414 g/mol. The number of hydrogen-bond donors (Lipinski definition) is 2. The molecule has 0 atom stereocenters. The van der Waals surface area contributed by atoms with Gasteiger partial charge >= 0.3 is 0 Å². The summed E-state index contributed by atoms with van der Waals surface area (Å²) >= 11 is 14.2. The van der Waals surface area contributed by atoms with Crippen molar-refractivity contribution in [3.8, 4) is 0 Å². The number of pyridine rings is 1. The zero-order valence-electron chi connectivity index (χ0n) is 12.6. The van der Waals surface area contributed by atoms with Crippen LogP contribution in [0.4, 0.5) is 0 Å². The van der Waals surface area contributed by atoms with Gasteiger partial charge in [-0.2, -0.15) is 0 Å². The van der Waals surface area contributed by atoms with E-state index < -0.39 is 0 Å². The van der Waals surface area contributed by atoms with Crippen LogP contribution in [0.3, 0.4) is 0 Å². The average Bonchev–Trinajstić information content (AvgIpc) is 2.56. The van der Waals surface area contributed by atoms with E-state index in [0.29, 0.717) is 30.3 Å². The second kappa shape index (κ2) is 9.68. The van der Waals surface area contributed by atoms with Crippen molar-refractivity contribution in [3.05, 3.63) is 63.3 Å². The van der Waals surface area contributed by atoms with E-state index in [4.69, 9.17) is 28.6 Å². The lowest BCUT2D eigenvalue weighted by Crippen LogP contribution is -2.40. The van der Waals surface area contributed by atoms with Crippen LogP contribution in [0.15, 0.2) is 47.2 Å². The first kappa shape index (κ1) is 18.8. The van der Waals surface area contributed by atoms with Crippen molar-refractivity contribution >= 4 is 50.8 Å². The smallest absolute Gasteiger partial charge is 0.259 e. The molecule has 1 aromatic heterocycles. The van der Waals surface area contributed by atoms with Crippen molar-refractivity contribution in [2.75, 3.05) is 13.2 Å². The predicted molar refractivity (Wildman–Crippen MR) is 101 cm³/mol. The number of halogens is 2. The quantitative estimate of drug-likeness (QED) is 0.546. The maximum atomic E-state index is 12.0. The molecular formula is C16H15BrClN3O2S. The number of benzene rings is 1. The summed E-state index contributed by atoms with van der Waals surface area (Å²) in [5, 5.41) is 6.45. The van der Waals surface area contributed by atoms with Crippen LogP contribution in [-0.4, -0.2) is 29.2 Å². The number of hydrogen-bond acceptors (Lipinski definition) is 4. The van der Waals surface area contributed by atoms with Crippen LogP contribution in [0.25, 0.3) is 0 Å². The highest BCUT2D eigenvalue weighted by molar-refractivity contribution is 9.10. The molecule has 5 nitrogen and oxygen atoms in total. The molecule has 0 aliphatic heterocycles. The molecule has 1 aromatic carbocycles. The number of nitrogens with one attached hydrogen (secondary N) is 2. The van der Waals surface area contributed by atoms with Gasteiger partial charge in [-0.1, -0.05) is 23.7 Å². The molecule has 0 fully saturated rings. The molecule has 0 unspecified atom stereocenters. The van der Waals surface area contributed by atoms with Crippen molar-refractivity contribution in [1.82, 2.24) is 15.6 Å². The average molecular weight is 429 g/mol. The van der Waals surface area contributed by atoms with E-state index in [1.54, 1.807) is 12.3 Å². The standard InChI is InChI=1S/C16H15BrClN3O2S/c17-13-7-12(8-19-9-13)15(22)21-16(24)20-5-6-23-10-11-1-3-14(18)4-2-11/h1-4,7-9H,5-6,10H2,(H2,20,21,22,24). The van der Waals surface area contributed by atoms with Gasteiger partial charge in [0.15, 0.2) is 5.11 Å². The Bertz CT molecular complexity index is 713. The molecule has 8 heteroatoms. The molecule has 0 saturated heterocycles. The highest BCUT2D eigenvalue weighted by atomic mass is 79.9. The Labute approximate surface area is 158 Å². The summed E-state index contributed by atoms with van der Waals surface area (Å²) in [4.78, 5) is 15.9. The highest BCUT2D eigenvalue weighted by Crippen LogP contribution is 2.10. The minimum atomic E-state index is -0.316. The Morgan fingerprint density at radius 1 is 1.29 bits per heavy atom. The summed E-state index contributed by atoms with van der Waals surface area (Å²) in [6, 6.07) is 9.12. The summed E-state index contributed by atoms with van der Waals surface area (Å²) in [5.41, 5.74) is 1.46. The second-order valence-electron chi connectivity index (χ2n) is 4.78. The van der Waals surface area contributed by atoms with E-state index in [1.807, 2.05) is 24.3 Å². The molecule has 1 amide bonds. The number of amides is 1. The minimum absolute atomic E-state index is 0.245. The van der Waals surface area contributed by atoms with Crippen LogP contribution >= 0.6 is 39.7 Å². The first-order valence-corrected chi connectivity index (χ1v) is 8.64. The number of carbonyl (C=O) groups excluding carboxylic acids is 1. The molecule has 0 aliphatic carbocycles. The minimum Gasteiger partial charge on any atom is -0.375 e. The van der Waals surface area contributed by atoms with Gasteiger partial charge < -0.3 is 10.1 Å². The Morgan fingerprint density at radius 3 is 2.75 bits per heavy atom. The molecule has 2 aromatic rings. The summed E-state index contributed by atoms with van der Waals surface area (Å²) < 4.78 is 6.25. The highest BCUT2D eigenvalue weighted by Gasteiger charge is 2.08. The first-order valence-electron chi connectivity index (χ1n) is 7.06. The molecule has 0 radical (unpaired) electrons. The SMILES string of the molecule is O=C(NC(=S)NCCOCc1ccc(Cl)cc1)c1cncc(Br)c1. The fourth-order valence-electron chi connectivity index (χ4n) is 1.76. The van der Waals surface area contributed by atoms with Crippen LogP contribution in [-0.2, 0) is 11.3 Å². The van der Waals surface area contributed by atoms with Crippen molar-refractivity contribution in [2.24, 2.45) is 0 Å². The summed E-state index contributed by atoms with van der Waals surface area (Å²) in [5.74, 6) is -0.316. The number of nitrogens with zero attached hydrogens (tertiary/aromatic N) is 1. The summed E-state index contributed by atoms with van der Waals surface area (Å²) in [6.45, 7) is 1.43. The van der Waals surface area contributed by atoms with Gasteiger partial charge in [0.05, 0.1) is 18.8 Å². The second-order valence-corrected chi connectivity index (χ2v) is 6.54. The molecule has 0 spiro atoms. The van der Waals surface area contributed by atoms with Gasteiger partial charge in [-0.3, -0.25) is 15.1 Å². The monoisotopic (exact) mass is 427 g/mol. The van der Waals surface area contributed by atoms with Crippen LogP contribution in [0, 0.1) is 0 Å². The fourth-order valence-corrected chi connectivity index (χ4v) is 2.45. The van der Waals surface area contributed by atoms with E-state index >= 15 is 0 Å². The Balaban J connectivity index is 1.64. The first-order chi connectivity index (χ1) is 11.5. The maximum Gasteiger partial charge on any atom is 0.259 e. The number of carbonyl (C=O) groups is 1. The zero-order chi connectivity index (χ0) is 17.4. The third-order valence-electron chi connectivity index (χ3n) is 2.91. The largest absolute Gasteiger partial charge is 0.375 e. The number of rotatable bonds is 6. The molecule has 2 rings (SSSR count). The third-order valence-corrected chi connectivity index (χ3v) is 3.84. The van der Waals surface area contributed by atoms with E-state index in [2.05, 4.69) is 31.5 Å². The van der Waals surface area contributed by atoms with Gasteiger partial charge in [0.2, 0.25) is 0 Å². The number of ether oxygens (including phenoxy) is 1. The predicted octanol–water partition coefficient (Wildman–Crippen LogP) is 3.32. The molecule has 0 aliphatic rings. The van der Waals surface area contributed by atoms with E-state index in [0.717, 1.165) is 10.0 Å². The van der Waals surface area contributed by atoms with Gasteiger partial charge in [0.1, 0.15) is 0 Å². The molecule has 126 valence electrons. The molecule has 1 heterocycles. The van der Waals surface area contributed by atoms with E-state index in [-0.39, 0.29) is 11.0 Å². The van der Waals surface area contributed by atoms with Crippen LogP contribution < -0.4 is 10.6 Å². The van der Waals surface area contributed by atoms with Crippen molar-refractivity contribution in [2.45, 2.75) is 6.61 Å². The van der Waals surface area contributed by atoms with Gasteiger partial charge in [-0.25, -0.2) is 0 Å². The summed E-state index contributed by atoms with van der Waals surface area (Å²) in [6.07, 6.45) is 3.07. The van der Waals surface area contributed by atoms with Gasteiger partial charge in [-0.15, -0.1) is 0 Å². The summed E-state index contributed by atoms with van der Waals surface area (Å²) in [7, 11) is 0. The molecule has 0 saturated carbocycles. The zero-order valence-corrected chi connectivity index (χ0v) is 15.7. The topological polar surface area (TPSA) is 63.2 Å². The van der Waals surface area contributed by atoms with Gasteiger partial charge in [0, 0.05) is 28.4 Å². The molecule has 0 bridgehead atoms. The van der Waals surface area contributed by atoms with Crippen LogP contribution in [0.1, 0.15) is 15.9 Å². The Kier molecular flexibility index (Phi) is 7.58. The molecule has 2 N–H and O–H groups in total. The third kappa shape index (κ3) is 6.52. The lowest BCUT2D eigenvalue weighted by atomic mass is 10.2. The van der Waals surface area contributed by atoms with Gasteiger partial charge in [0.25, 0.3) is 5.91 Å². The van der Waals surface area contributed by atoms with Crippen LogP contribution in [0.2, 0.25) is 5.02 Å². The lowest BCUT2D eigenvalue weighted by molar-refractivity contribution is 0.0975. The van der Waals surface area contributed by atoms with Gasteiger partial charge in [-0.05, 0) is 51.9 Å².